The lowest BCUT2D eigenvalue weighted by Gasteiger charge is -2.13. The lowest BCUT2D eigenvalue weighted by atomic mass is 9.93. The molecule has 0 radical (unpaired) electrons. The Balaban J connectivity index is 1.52. The van der Waals surface area contributed by atoms with Gasteiger partial charge in [0.2, 0.25) is 5.91 Å². The average Bonchev–Trinajstić information content (AvgIpc) is 3.17. The first-order valence-electron chi connectivity index (χ1n) is 11.1. The SMILES string of the molecule is CCOc1ccccc1NC(=O)c1oc2c(c1C)/C(=N/NC(=O)Cc1ccccc1)CCC2. The van der Waals surface area contributed by atoms with Crippen molar-refractivity contribution in [2.45, 2.75) is 39.5 Å². The van der Waals surface area contributed by atoms with E-state index in [-0.39, 0.29) is 24.0 Å². The summed E-state index contributed by atoms with van der Waals surface area (Å²) in [6.45, 7) is 4.23. The monoisotopic (exact) mass is 445 g/mol. The highest BCUT2D eigenvalue weighted by Gasteiger charge is 2.28. The molecule has 170 valence electrons. The Hall–Kier alpha value is -3.87. The average molecular weight is 446 g/mol. The van der Waals surface area contributed by atoms with Crippen molar-refractivity contribution in [1.29, 1.82) is 0 Å². The van der Waals surface area contributed by atoms with Gasteiger partial charge in [-0.2, -0.15) is 5.10 Å². The molecular weight excluding hydrogens is 418 g/mol. The van der Waals surface area contributed by atoms with Gasteiger partial charge in [0, 0.05) is 17.5 Å². The lowest BCUT2D eigenvalue weighted by Crippen LogP contribution is -2.23. The Labute approximate surface area is 192 Å². The highest BCUT2D eigenvalue weighted by molar-refractivity contribution is 6.09. The van der Waals surface area contributed by atoms with E-state index in [0.29, 0.717) is 30.0 Å². The van der Waals surface area contributed by atoms with Gasteiger partial charge in [-0.3, -0.25) is 9.59 Å². The highest BCUT2D eigenvalue weighted by Crippen LogP contribution is 2.31. The van der Waals surface area contributed by atoms with Crippen molar-refractivity contribution in [3.63, 3.8) is 0 Å². The Morgan fingerprint density at radius 1 is 1.06 bits per heavy atom. The van der Waals surface area contributed by atoms with Crippen LogP contribution in [0.5, 0.6) is 5.75 Å². The van der Waals surface area contributed by atoms with Crippen LogP contribution in [0.3, 0.4) is 0 Å². The van der Waals surface area contributed by atoms with Crippen molar-refractivity contribution in [2.24, 2.45) is 5.10 Å². The number of carbonyl (C=O) groups is 2. The van der Waals surface area contributed by atoms with Crippen molar-refractivity contribution >= 4 is 23.2 Å². The quantitative estimate of drug-likeness (QED) is 0.518. The maximum atomic E-state index is 13.0. The Morgan fingerprint density at radius 3 is 2.61 bits per heavy atom. The predicted molar refractivity (Wildman–Crippen MR) is 127 cm³/mol. The zero-order valence-corrected chi connectivity index (χ0v) is 18.8. The van der Waals surface area contributed by atoms with E-state index in [1.54, 1.807) is 6.07 Å². The van der Waals surface area contributed by atoms with Gasteiger partial charge in [-0.1, -0.05) is 42.5 Å². The Morgan fingerprint density at radius 2 is 1.82 bits per heavy atom. The third-order valence-corrected chi connectivity index (χ3v) is 5.49. The van der Waals surface area contributed by atoms with Crippen molar-refractivity contribution in [3.8, 4) is 5.75 Å². The maximum absolute atomic E-state index is 13.0. The fraction of sp³-hybridized carbons (Fsp3) is 0.269. The molecule has 0 fully saturated rings. The molecule has 1 aliphatic rings. The molecule has 2 aromatic carbocycles. The standard InChI is InChI=1S/C26H27N3O4/c1-3-32-21-14-8-7-12-19(21)27-26(31)25-17(2)24-20(13-9-15-22(24)33-25)28-29-23(30)16-18-10-5-4-6-11-18/h4-8,10-12,14H,3,9,13,15-16H2,1-2H3,(H,27,31)(H,29,30)/b28-20+. The normalized spacial score (nSPS) is 13.9. The van der Waals surface area contributed by atoms with E-state index in [0.717, 1.165) is 35.4 Å². The number of amides is 2. The molecule has 0 saturated carbocycles. The van der Waals surface area contributed by atoms with Crippen LogP contribution in [0, 0.1) is 6.92 Å². The number of anilines is 1. The maximum Gasteiger partial charge on any atom is 0.291 e. The molecule has 4 rings (SSSR count). The van der Waals surface area contributed by atoms with Crippen LogP contribution in [-0.4, -0.2) is 24.1 Å². The Kier molecular flexibility index (Phi) is 6.88. The summed E-state index contributed by atoms with van der Waals surface area (Å²) in [7, 11) is 0. The van der Waals surface area contributed by atoms with Gasteiger partial charge in [-0.05, 0) is 44.4 Å². The van der Waals surface area contributed by atoms with Crippen LogP contribution in [-0.2, 0) is 17.6 Å². The minimum atomic E-state index is -0.346. The molecule has 0 atom stereocenters. The van der Waals surface area contributed by atoms with Gasteiger partial charge in [0.1, 0.15) is 11.5 Å². The first kappa shape index (κ1) is 22.3. The van der Waals surface area contributed by atoms with Gasteiger partial charge in [0.25, 0.3) is 5.91 Å². The number of hydrogen-bond donors (Lipinski definition) is 2. The van der Waals surface area contributed by atoms with Crippen molar-refractivity contribution in [1.82, 2.24) is 5.43 Å². The first-order valence-corrected chi connectivity index (χ1v) is 11.1. The summed E-state index contributed by atoms with van der Waals surface area (Å²) in [5.74, 6) is 1.04. The number of benzene rings is 2. The van der Waals surface area contributed by atoms with E-state index < -0.39 is 0 Å². The van der Waals surface area contributed by atoms with Gasteiger partial charge < -0.3 is 14.5 Å². The summed E-state index contributed by atoms with van der Waals surface area (Å²) in [5.41, 5.74) is 6.42. The molecule has 0 bridgehead atoms. The van der Waals surface area contributed by atoms with Gasteiger partial charge in [0.15, 0.2) is 5.76 Å². The van der Waals surface area contributed by atoms with Crippen LogP contribution in [0.25, 0.3) is 0 Å². The molecule has 0 saturated heterocycles. The molecule has 7 nitrogen and oxygen atoms in total. The minimum Gasteiger partial charge on any atom is -0.492 e. The number of hydrogen-bond acceptors (Lipinski definition) is 5. The third kappa shape index (κ3) is 5.14. The van der Waals surface area contributed by atoms with Gasteiger partial charge in [-0.25, -0.2) is 5.43 Å². The molecule has 1 aromatic heterocycles. The molecule has 0 spiro atoms. The number of nitrogens with zero attached hydrogens (tertiary/aromatic N) is 1. The summed E-state index contributed by atoms with van der Waals surface area (Å²) in [6.07, 6.45) is 2.51. The van der Waals surface area contributed by atoms with E-state index in [4.69, 9.17) is 9.15 Å². The molecule has 2 N–H and O–H groups in total. The molecule has 33 heavy (non-hydrogen) atoms. The fourth-order valence-corrected chi connectivity index (χ4v) is 3.98. The Bertz CT molecular complexity index is 1180. The van der Waals surface area contributed by atoms with Crippen molar-refractivity contribution in [3.05, 3.63) is 82.8 Å². The zero-order chi connectivity index (χ0) is 23.2. The largest absolute Gasteiger partial charge is 0.492 e. The van der Waals surface area contributed by atoms with E-state index >= 15 is 0 Å². The molecule has 3 aromatic rings. The summed E-state index contributed by atoms with van der Waals surface area (Å²) in [6, 6.07) is 16.8. The molecule has 1 aliphatic carbocycles. The summed E-state index contributed by atoms with van der Waals surface area (Å²) < 4.78 is 11.6. The van der Waals surface area contributed by atoms with E-state index in [1.807, 2.05) is 62.4 Å². The smallest absolute Gasteiger partial charge is 0.291 e. The number of carbonyl (C=O) groups excluding carboxylic acids is 2. The molecule has 0 unspecified atom stereocenters. The molecular formula is C26H27N3O4. The van der Waals surface area contributed by atoms with Crippen molar-refractivity contribution < 1.29 is 18.7 Å². The second kappa shape index (κ2) is 10.2. The number of para-hydroxylation sites is 2. The molecule has 0 aliphatic heterocycles. The first-order chi connectivity index (χ1) is 16.1. The number of furan rings is 1. The van der Waals surface area contributed by atoms with Gasteiger partial charge in [-0.15, -0.1) is 0 Å². The highest BCUT2D eigenvalue weighted by atomic mass is 16.5. The van der Waals surface area contributed by atoms with Crippen LogP contribution in [0.15, 0.2) is 64.1 Å². The predicted octanol–water partition coefficient (Wildman–Crippen LogP) is 4.64. The van der Waals surface area contributed by atoms with Crippen LogP contribution < -0.4 is 15.5 Å². The number of aryl methyl sites for hydroxylation is 1. The topological polar surface area (TPSA) is 92.9 Å². The van der Waals surface area contributed by atoms with E-state index in [9.17, 15) is 9.59 Å². The number of nitrogens with one attached hydrogen (secondary N) is 2. The number of rotatable bonds is 7. The number of ether oxygens (including phenoxy) is 1. The summed E-state index contributed by atoms with van der Waals surface area (Å²) in [5, 5.41) is 7.27. The van der Waals surface area contributed by atoms with Crippen molar-refractivity contribution in [2.75, 3.05) is 11.9 Å². The third-order valence-electron chi connectivity index (χ3n) is 5.49. The summed E-state index contributed by atoms with van der Waals surface area (Å²) >= 11 is 0. The number of hydrazone groups is 1. The van der Waals surface area contributed by atoms with Crippen LogP contribution >= 0.6 is 0 Å². The lowest BCUT2D eigenvalue weighted by molar-refractivity contribution is -0.120. The minimum absolute atomic E-state index is 0.188. The van der Waals surface area contributed by atoms with E-state index in [1.165, 1.54) is 0 Å². The van der Waals surface area contributed by atoms with Crippen LogP contribution in [0.2, 0.25) is 0 Å². The van der Waals surface area contributed by atoms with Gasteiger partial charge in [0.05, 0.1) is 24.4 Å². The fourth-order valence-electron chi connectivity index (χ4n) is 3.98. The second-order valence-corrected chi connectivity index (χ2v) is 7.85. The van der Waals surface area contributed by atoms with Crippen LogP contribution in [0.4, 0.5) is 5.69 Å². The molecule has 1 heterocycles. The van der Waals surface area contributed by atoms with Crippen LogP contribution in [0.1, 0.15) is 52.8 Å². The number of fused-ring (bicyclic) bond motifs is 1. The second-order valence-electron chi connectivity index (χ2n) is 7.85. The summed E-state index contributed by atoms with van der Waals surface area (Å²) in [4.78, 5) is 25.4. The molecule has 7 heteroatoms. The zero-order valence-electron chi connectivity index (χ0n) is 18.8. The van der Waals surface area contributed by atoms with E-state index in [2.05, 4.69) is 15.8 Å². The van der Waals surface area contributed by atoms with Gasteiger partial charge >= 0.3 is 0 Å². The molecule has 2 amide bonds.